The Balaban J connectivity index is 1.65. The first-order chi connectivity index (χ1) is 12.3. The zero-order chi connectivity index (χ0) is 18.8. The lowest BCUT2D eigenvalue weighted by molar-refractivity contribution is -0.121. The molecule has 1 aromatic heterocycles. The highest BCUT2D eigenvalue weighted by Crippen LogP contribution is 2.20. The molecule has 0 spiro atoms. The summed E-state index contributed by atoms with van der Waals surface area (Å²) in [6.07, 6.45) is 0. The van der Waals surface area contributed by atoms with Gasteiger partial charge in [0.1, 0.15) is 0 Å². The molecule has 7 nitrogen and oxygen atoms in total. The summed E-state index contributed by atoms with van der Waals surface area (Å²) in [5, 5.41) is 0. The molecule has 2 heterocycles. The van der Waals surface area contributed by atoms with Crippen LogP contribution < -0.4 is 16.1 Å². The van der Waals surface area contributed by atoms with Crippen LogP contribution in [0.5, 0.6) is 0 Å². The van der Waals surface area contributed by atoms with Gasteiger partial charge in [-0.25, -0.2) is 4.79 Å². The number of nitrogens with zero attached hydrogens (tertiary/aromatic N) is 3. The van der Waals surface area contributed by atoms with Gasteiger partial charge in [-0.15, -0.1) is 0 Å². The van der Waals surface area contributed by atoms with Crippen LogP contribution >= 0.6 is 0 Å². The van der Waals surface area contributed by atoms with Gasteiger partial charge in [-0.05, 0) is 44.0 Å². The number of hydrogen-bond donors (Lipinski definition) is 1. The molecule has 1 aliphatic heterocycles. The van der Waals surface area contributed by atoms with Gasteiger partial charge in [0.25, 0.3) is 5.56 Å². The number of amides is 1. The minimum absolute atomic E-state index is 0.0337. The van der Waals surface area contributed by atoms with E-state index < -0.39 is 5.69 Å². The molecule has 1 amide bonds. The molecule has 7 heteroatoms. The standard InChI is InChI=1S/C19H24N4O3/c1-13-8-14(2)10-16(9-13)22-6-4-21(12-18(22)25)5-7-23-17(24)11-15(3)20-19(23)26/h8-11H,4-7,12H2,1-3H3,(H,20,26). The Morgan fingerprint density at radius 1 is 0.923 bits per heavy atom. The molecule has 3 rings (SSSR count). The molecule has 0 atom stereocenters. The number of aryl methyl sites for hydroxylation is 3. The van der Waals surface area contributed by atoms with E-state index in [-0.39, 0.29) is 24.6 Å². The van der Waals surface area contributed by atoms with Crippen LogP contribution in [0.3, 0.4) is 0 Å². The Labute approximate surface area is 151 Å². The Morgan fingerprint density at radius 3 is 2.23 bits per heavy atom. The van der Waals surface area contributed by atoms with Crippen molar-refractivity contribution < 1.29 is 4.79 Å². The lowest BCUT2D eigenvalue weighted by atomic mass is 10.1. The smallest absolute Gasteiger partial charge is 0.311 e. The number of nitrogens with one attached hydrogen (secondary N) is 1. The SMILES string of the molecule is Cc1cc(C)cc(N2CCN(CCn3c(=O)cc(C)[nH]c3=O)CC2=O)c1. The van der Waals surface area contributed by atoms with Gasteiger partial charge in [0.05, 0.1) is 6.54 Å². The van der Waals surface area contributed by atoms with Crippen molar-refractivity contribution in [1.82, 2.24) is 14.5 Å². The average Bonchev–Trinajstić information content (AvgIpc) is 2.53. The van der Waals surface area contributed by atoms with Crippen LogP contribution in [0.2, 0.25) is 0 Å². The maximum absolute atomic E-state index is 12.6. The summed E-state index contributed by atoms with van der Waals surface area (Å²) in [5.41, 5.74) is 3.02. The Bertz CT molecular complexity index is 893. The minimum Gasteiger partial charge on any atom is -0.311 e. The molecule has 2 aromatic rings. The van der Waals surface area contributed by atoms with Crippen molar-refractivity contribution in [2.45, 2.75) is 27.3 Å². The van der Waals surface area contributed by atoms with Crippen molar-refractivity contribution in [1.29, 1.82) is 0 Å². The monoisotopic (exact) mass is 356 g/mol. The fraction of sp³-hybridized carbons (Fsp3) is 0.421. The molecule has 0 radical (unpaired) electrons. The summed E-state index contributed by atoms with van der Waals surface area (Å²) < 4.78 is 1.17. The Hall–Kier alpha value is -2.67. The largest absolute Gasteiger partial charge is 0.328 e. The first-order valence-electron chi connectivity index (χ1n) is 8.75. The van der Waals surface area contributed by atoms with Crippen LogP contribution in [0, 0.1) is 20.8 Å². The summed E-state index contributed by atoms with van der Waals surface area (Å²) in [4.78, 5) is 42.8. The first-order valence-corrected chi connectivity index (χ1v) is 8.75. The molecule has 0 aliphatic carbocycles. The van der Waals surface area contributed by atoms with Crippen LogP contribution in [-0.4, -0.2) is 46.5 Å². The van der Waals surface area contributed by atoms with Crippen molar-refractivity contribution in [3.8, 4) is 0 Å². The van der Waals surface area contributed by atoms with Crippen molar-refractivity contribution in [3.05, 3.63) is 61.9 Å². The van der Waals surface area contributed by atoms with Crippen LogP contribution in [0.4, 0.5) is 5.69 Å². The van der Waals surface area contributed by atoms with Gasteiger partial charge in [0.2, 0.25) is 5.91 Å². The molecule has 1 N–H and O–H groups in total. The number of H-pyrrole nitrogens is 1. The fourth-order valence-corrected chi connectivity index (χ4v) is 3.38. The third kappa shape index (κ3) is 3.94. The zero-order valence-corrected chi connectivity index (χ0v) is 15.4. The number of aromatic nitrogens is 2. The first kappa shape index (κ1) is 18.1. The highest BCUT2D eigenvalue weighted by atomic mass is 16.2. The summed E-state index contributed by atoms with van der Waals surface area (Å²) in [6, 6.07) is 7.53. The van der Waals surface area contributed by atoms with E-state index in [2.05, 4.69) is 11.1 Å². The molecule has 1 aromatic carbocycles. The van der Waals surface area contributed by atoms with Gasteiger partial charge in [-0.1, -0.05) is 6.07 Å². The predicted molar refractivity (Wildman–Crippen MR) is 101 cm³/mol. The fourth-order valence-electron chi connectivity index (χ4n) is 3.38. The molecular weight excluding hydrogens is 332 g/mol. The van der Waals surface area contributed by atoms with E-state index in [0.717, 1.165) is 16.8 Å². The van der Waals surface area contributed by atoms with Crippen molar-refractivity contribution in [2.24, 2.45) is 0 Å². The van der Waals surface area contributed by atoms with E-state index >= 15 is 0 Å². The lowest BCUT2D eigenvalue weighted by Gasteiger charge is -2.34. The Morgan fingerprint density at radius 2 is 1.62 bits per heavy atom. The highest BCUT2D eigenvalue weighted by molar-refractivity contribution is 5.95. The number of benzene rings is 1. The van der Waals surface area contributed by atoms with Crippen LogP contribution in [-0.2, 0) is 11.3 Å². The third-order valence-corrected chi connectivity index (χ3v) is 4.61. The second-order valence-electron chi connectivity index (χ2n) is 6.91. The van der Waals surface area contributed by atoms with Gasteiger partial charge in [-0.2, -0.15) is 0 Å². The summed E-state index contributed by atoms with van der Waals surface area (Å²) >= 11 is 0. The maximum atomic E-state index is 12.6. The number of aromatic amines is 1. The van der Waals surface area contributed by atoms with E-state index in [1.807, 2.05) is 30.9 Å². The lowest BCUT2D eigenvalue weighted by Crippen LogP contribution is -2.52. The van der Waals surface area contributed by atoms with Crippen molar-refractivity contribution >= 4 is 11.6 Å². The van der Waals surface area contributed by atoms with E-state index in [0.29, 0.717) is 25.3 Å². The van der Waals surface area contributed by atoms with Gasteiger partial charge in [0, 0.05) is 43.6 Å². The number of rotatable bonds is 4. The average molecular weight is 356 g/mol. The molecule has 26 heavy (non-hydrogen) atoms. The number of carbonyl (C=O) groups is 1. The summed E-state index contributed by atoms with van der Waals surface area (Å²) in [6.45, 7) is 8.06. The van der Waals surface area contributed by atoms with Gasteiger partial charge < -0.3 is 9.88 Å². The zero-order valence-electron chi connectivity index (χ0n) is 15.4. The number of hydrogen-bond acceptors (Lipinski definition) is 4. The Kier molecular flexibility index (Phi) is 5.08. The summed E-state index contributed by atoms with van der Waals surface area (Å²) in [5.74, 6) is 0.0337. The molecule has 0 saturated carbocycles. The van der Waals surface area contributed by atoms with Crippen LogP contribution in [0.15, 0.2) is 33.9 Å². The maximum Gasteiger partial charge on any atom is 0.328 e. The molecule has 1 aliphatic rings. The highest BCUT2D eigenvalue weighted by Gasteiger charge is 2.25. The predicted octanol–water partition coefficient (Wildman–Crippen LogP) is 0.811. The normalized spacial score (nSPS) is 15.5. The number of anilines is 1. The van der Waals surface area contributed by atoms with Gasteiger partial charge in [-0.3, -0.25) is 19.1 Å². The number of carbonyl (C=O) groups excluding carboxylic acids is 1. The molecular formula is C19H24N4O3. The van der Waals surface area contributed by atoms with Crippen LogP contribution in [0.25, 0.3) is 0 Å². The van der Waals surface area contributed by atoms with E-state index in [9.17, 15) is 14.4 Å². The second-order valence-corrected chi connectivity index (χ2v) is 6.91. The third-order valence-electron chi connectivity index (χ3n) is 4.61. The van der Waals surface area contributed by atoms with Gasteiger partial charge >= 0.3 is 5.69 Å². The van der Waals surface area contributed by atoms with Crippen molar-refractivity contribution in [3.63, 3.8) is 0 Å². The van der Waals surface area contributed by atoms with Crippen LogP contribution in [0.1, 0.15) is 16.8 Å². The molecule has 0 unspecified atom stereocenters. The number of piperazine rings is 1. The molecule has 138 valence electrons. The van der Waals surface area contributed by atoms with E-state index in [1.54, 1.807) is 11.8 Å². The minimum atomic E-state index is -0.407. The summed E-state index contributed by atoms with van der Waals surface area (Å²) in [7, 11) is 0. The second kappa shape index (κ2) is 7.29. The quantitative estimate of drug-likeness (QED) is 0.879. The van der Waals surface area contributed by atoms with E-state index in [4.69, 9.17) is 0 Å². The van der Waals surface area contributed by atoms with Crippen molar-refractivity contribution in [2.75, 3.05) is 31.1 Å². The molecule has 0 bridgehead atoms. The molecule has 1 fully saturated rings. The molecule has 1 saturated heterocycles. The topological polar surface area (TPSA) is 78.4 Å². The van der Waals surface area contributed by atoms with E-state index in [1.165, 1.54) is 10.6 Å². The van der Waals surface area contributed by atoms with Gasteiger partial charge in [0.15, 0.2) is 0 Å².